The molecule has 2 heterocycles. The van der Waals surface area contributed by atoms with E-state index in [1.54, 1.807) is 0 Å². The number of β-amino-alcohol motifs (C(OH)–C–C–N with tert-alkyl or cyclic N) is 1. The fourth-order valence-electron chi connectivity index (χ4n) is 3.85. The van der Waals surface area contributed by atoms with E-state index >= 15 is 0 Å². The zero-order chi connectivity index (χ0) is 25.2. The lowest BCUT2D eigenvalue weighted by atomic mass is 10.1. The number of halogens is 2. The van der Waals surface area contributed by atoms with Crippen molar-refractivity contribution in [2.45, 2.75) is 51.2 Å². The highest BCUT2D eigenvalue weighted by molar-refractivity contribution is 7.11. The molecule has 0 bridgehead atoms. The summed E-state index contributed by atoms with van der Waals surface area (Å²) in [5, 5.41) is 15.9. The van der Waals surface area contributed by atoms with Crippen molar-refractivity contribution in [1.29, 1.82) is 0 Å². The number of ether oxygens (including phenoxy) is 1. The number of urea groups is 1. The van der Waals surface area contributed by atoms with Gasteiger partial charge in [-0.05, 0) is 68.9 Å². The monoisotopic (exact) mass is 527 g/mol. The molecule has 1 aromatic heterocycles. The van der Waals surface area contributed by atoms with E-state index in [0.29, 0.717) is 25.9 Å². The van der Waals surface area contributed by atoms with Gasteiger partial charge in [0.2, 0.25) is 5.88 Å². The third-order valence-electron chi connectivity index (χ3n) is 5.68. The molecule has 35 heavy (non-hydrogen) atoms. The third-order valence-corrected chi connectivity index (χ3v) is 6.66. The van der Waals surface area contributed by atoms with Crippen LogP contribution in [0, 0.1) is 5.82 Å². The number of carbonyl (C=O) groups is 2. The number of aliphatic hydroxyl groups excluding tert-OH is 1. The number of primary amides is 1. The number of carbonyl (C=O) groups excluding carboxylic acids is 2. The summed E-state index contributed by atoms with van der Waals surface area (Å²) < 4.78 is 23.5. The van der Waals surface area contributed by atoms with Crippen LogP contribution in [0.3, 0.4) is 0 Å². The Morgan fingerprint density at radius 2 is 2.06 bits per heavy atom. The quantitative estimate of drug-likeness (QED) is 0.311. The van der Waals surface area contributed by atoms with E-state index in [-0.39, 0.29) is 39.7 Å². The fraction of sp³-hybridized carbons (Fsp3) is 0.522. The first-order chi connectivity index (χ1) is 16.8. The predicted molar refractivity (Wildman–Crippen MR) is 134 cm³/mol. The molecule has 2 aromatic rings. The highest BCUT2D eigenvalue weighted by Gasteiger charge is 2.22. The molecule has 0 radical (unpaired) electrons. The molecule has 1 aliphatic rings. The van der Waals surface area contributed by atoms with E-state index < -0.39 is 17.8 Å². The second kappa shape index (κ2) is 13.6. The zero-order valence-corrected chi connectivity index (χ0v) is 21.0. The van der Waals surface area contributed by atoms with E-state index in [1.165, 1.54) is 31.4 Å². The molecule has 1 unspecified atom stereocenters. The van der Waals surface area contributed by atoms with Crippen LogP contribution in [-0.2, 0) is 6.61 Å². The zero-order valence-electron chi connectivity index (χ0n) is 19.4. The summed E-state index contributed by atoms with van der Waals surface area (Å²) >= 11 is 6.58. The topological polar surface area (TPSA) is 130 Å². The van der Waals surface area contributed by atoms with Crippen molar-refractivity contribution in [3.63, 3.8) is 0 Å². The van der Waals surface area contributed by atoms with Crippen molar-refractivity contribution in [3.8, 4) is 5.88 Å². The Balaban J connectivity index is 1.41. The molecule has 192 valence electrons. The molecule has 1 fully saturated rings. The van der Waals surface area contributed by atoms with Gasteiger partial charge in [-0.25, -0.2) is 9.18 Å². The van der Waals surface area contributed by atoms with Crippen molar-refractivity contribution in [2.24, 2.45) is 5.73 Å². The lowest BCUT2D eigenvalue weighted by molar-refractivity contribution is 0.0928. The van der Waals surface area contributed by atoms with Crippen molar-refractivity contribution < 1.29 is 23.8 Å². The summed E-state index contributed by atoms with van der Waals surface area (Å²) in [4.78, 5) is 26.5. The van der Waals surface area contributed by atoms with Crippen LogP contribution in [-0.4, -0.2) is 58.6 Å². The summed E-state index contributed by atoms with van der Waals surface area (Å²) in [6.45, 7) is 3.02. The number of hydrogen-bond donors (Lipinski definition) is 4. The van der Waals surface area contributed by atoms with Gasteiger partial charge in [0, 0.05) is 23.7 Å². The van der Waals surface area contributed by atoms with Gasteiger partial charge >= 0.3 is 6.03 Å². The van der Waals surface area contributed by atoms with Crippen molar-refractivity contribution in [1.82, 2.24) is 14.6 Å². The number of nitrogens with zero attached hydrogens (tertiary/aromatic N) is 2. The molecule has 0 spiro atoms. The van der Waals surface area contributed by atoms with Gasteiger partial charge in [0.1, 0.15) is 23.0 Å². The predicted octanol–water partition coefficient (Wildman–Crippen LogP) is 3.75. The number of piperidine rings is 1. The number of anilines is 1. The number of hydrogen-bond acceptors (Lipinski definition) is 7. The summed E-state index contributed by atoms with van der Waals surface area (Å²) in [6, 6.07) is 3.63. The highest BCUT2D eigenvalue weighted by atomic mass is 35.5. The summed E-state index contributed by atoms with van der Waals surface area (Å²) in [5.74, 6) is -1.47. The molecule has 1 aliphatic heterocycles. The van der Waals surface area contributed by atoms with Crippen LogP contribution in [0.4, 0.5) is 14.2 Å². The summed E-state index contributed by atoms with van der Waals surface area (Å²) in [5.41, 5.74) is 5.59. The molecular formula is C23H31ClFN5O4S. The van der Waals surface area contributed by atoms with E-state index in [0.717, 1.165) is 37.1 Å². The molecule has 1 aromatic carbocycles. The molecule has 0 saturated carbocycles. The highest BCUT2D eigenvalue weighted by Crippen LogP contribution is 2.31. The first-order valence-electron chi connectivity index (χ1n) is 11.6. The van der Waals surface area contributed by atoms with Gasteiger partial charge in [0.15, 0.2) is 0 Å². The van der Waals surface area contributed by atoms with Gasteiger partial charge in [-0.3, -0.25) is 10.1 Å². The minimum atomic E-state index is -0.830. The number of benzene rings is 1. The van der Waals surface area contributed by atoms with Crippen molar-refractivity contribution in [2.75, 3.05) is 31.5 Å². The molecule has 1 saturated heterocycles. The Morgan fingerprint density at radius 1 is 1.29 bits per heavy atom. The first-order valence-corrected chi connectivity index (χ1v) is 12.8. The minimum absolute atomic E-state index is 0.0830. The fourth-order valence-corrected chi connectivity index (χ4v) is 4.74. The molecule has 1 atom stereocenters. The molecule has 5 N–H and O–H groups in total. The number of nitrogens with two attached hydrogens (primary N) is 1. The molecule has 3 amide bonds. The Bertz CT molecular complexity index is 1000. The number of amides is 3. The number of aliphatic hydroxyl groups is 1. The Hall–Kier alpha value is -2.47. The van der Waals surface area contributed by atoms with Gasteiger partial charge in [-0.15, -0.1) is 0 Å². The van der Waals surface area contributed by atoms with Gasteiger partial charge < -0.3 is 25.8 Å². The van der Waals surface area contributed by atoms with Gasteiger partial charge in [0.05, 0.1) is 6.10 Å². The second-order valence-corrected chi connectivity index (χ2v) is 9.68. The third kappa shape index (κ3) is 8.60. The largest absolute Gasteiger partial charge is 0.471 e. The van der Waals surface area contributed by atoms with Crippen LogP contribution >= 0.6 is 23.1 Å². The van der Waals surface area contributed by atoms with Crippen LogP contribution in [0.25, 0.3) is 0 Å². The second-order valence-electron chi connectivity index (χ2n) is 8.47. The lowest BCUT2D eigenvalue weighted by Gasteiger charge is -2.28. The standard InChI is InChI=1S/C23H31ClFN5O4S/c24-16-8-7-15(18(25)12-16)14-34-21-19(20(26)32)22(35-29-21)28-23(33)27-9-3-2-6-17(31)13-30-10-4-1-5-11-30/h7-8,12,17,31H,1-6,9-11,13-14H2,(H2,26,32)(H2,27,28,33). The molecular weight excluding hydrogens is 497 g/mol. The van der Waals surface area contributed by atoms with Crippen molar-refractivity contribution in [3.05, 3.63) is 40.2 Å². The smallest absolute Gasteiger partial charge is 0.319 e. The van der Waals surface area contributed by atoms with E-state index in [4.69, 9.17) is 22.1 Å². The normalized spacial score (nSPS) is 14.9. The summed E-state index contributed by atoms with van der Waals surface area (Å²) in [6.07, 6.45) is 5.45. The average Bonchev–Trinajstić information content (AvgIpc) is 3.21. The SMILES string of the molecule is NC(=O)c1c(OCc2ccc(Cl)cc2F)nsc1NC(=O)NCCCCC(O)CN1CCCCC1. The average molecular weight is 528 g/mol. The Morgan fingerprint density at radius 3 is 2.77 bits per heavy atom. The van der Waals surface area contributed by atoms with Crippen LogP contribution in [0.1, 0.15) is 54.4 Å². The van der Waals surface area contributed by atoms with Crippen LogP contribution in [0.5, 0.6) is 5.88 Å². The van der Waals surface area contributed by atoms with Gasteiger partial charge in [-0.2, -0.15) is 4.37 Å². The number of aromatic nitrogens is 1. The van der Waals surface area contributed by atoms with Crippen LogP contribution in [0.2, 0.25) is 5.02 Å². The molecule has 3 rings (SSSR count). The van der Waals surface area contributed by atoms with Crippen LogP contribution in [0.15, 0.2) is 18.2 Å². The summed E-state index contributed by atoms with van der Waals surface area (Å²) in [7, 11) is 0. The number of nitrogens with one attached hydrogen (secondary N) is 2. The van der Waals surface area contributed by atoms with E-state index in [1.807, 2.05) is 0 Å². The van der Waals surface area contributed by atoms with E-state index in [2.05, 4.69) is 19.9 Å². The van der Waals surface area contributed by atoms with Gasteiger partial charge in [-0.1, -0.05) is 24.1 Å². The Labute approximate surface area is 212 Å². The number of unbranched alkanes of at least 4 members (excludes halogenated alkanes) is 1. The van der Waals surface area contributed by atoms with Crippen LogP contribution < -0.4 is 21.1 Å². The lowest BCUT2D eigenvalue weighted by Crippen LogP contribution is -2.36. The first kappa shape index (κ1) is 27.1. The number of likely N-dealkylation sites (tertiary alicyclic amines) is 1. The van der Waals surface area contributed by atoms with Gasteiger partial charge in [0.25, 0.3) is 5.91 Å². The number of rotatable bonds is 12. The van der Waals surface area contributed by atoms with E-state index in [9.17, 15) is 19.1 Å². The maximum atomic E-state index is 14.0. The molecule has 12 heteroatoms. The molecule has 0 aliphatic carbocycles. The maximum absolute atomic E-state index is 14.0. The molecule has 9 nitrogen and oxygen atoms in total. The maximum Gasteiger partial charge on any atom is 0.319 e. The Kier molecular flexibility index (Phi) is 10.5. The van der Waals surface area contributed by atoms with Crippen molar-refractivity contribution >= 4 is 40.1 Å². The minimum Gasteiger partial charge on any atom is -0.471 e.